The normalized spacial score (nSPS) is 15.1. The molecule has 0 spiro atoms. The molecule has 0 N–H and O–H groups in total. The molecule has 1 nitrogen and oxygen atoms in total. The van der Waals surface area contributed by atoms with E-state index in [0.717, 1.165) is 0 Å². The van der Waals surface area contributed by atoms with E-state index in [1.165, 1.54) is 0 Å². The van der Waals surface area contributed by atoms with Gasteiger partial charge in [0.2, 0.25) is 0 Å². The molecule has 1 unspecified atom stereocenters. The summed E-state index contributed by atoms with van der Waals surface area (Å²) in [6.07, 6.45) is 0.643. The van der Waals surface area contributed by atoms with Gasteiger partial charge in [-0.2, -0.15) is 0 Å². The van der Waals surface area contributed by atoms with Gasteiger partial charge in [-0.25, -0.2) is 0 Å². The van der Waals surface area contributed by atoms with Crippen LogP contribution in [0, 0.1) is 0 Å². The number of rotatable bonds is 2. The number of hydrogen-bond acceptors (Lipinski definition) is 1. The summed E-state index contributed by atoms with van der Waals surface area (Å²) in [5, 5.41) is 0.921. The molecule has 0 aliphatic carbocycles. The van der Waals surface area contributed by atoms with Gasteiger partial charge in [0.1, 0.15) is 11.2 Å². The first kappa shape index (κ1) is 10.8. The minimum atomic E-state index is -1.08. The quantitative estimate of drug-likeness (QED) is 0.567. The molecule has 0 aromatic heterocycles. The monoisotopic (exact) mass is 236 g/mol. The van der Waals surface area contributed by atoms with Crippen LogP contribution in [0.2, 0.25) is 10.0 Å². The van der Waals surface area contributed by atoms with Gasteiger partial charge in [0.15, 0.2) is 0 Å². The molecule has 0 aliphatic heterocycles. The lowest BCUT2D eigenvalue weighted by atomic mass is 10.0. The Balaban J connectivity index is 3.23. The second-order valence-electron chi connectivity index (χ2n) is 2.82. The third kappa shape index (κ3) is 2.37. The third-order valence-electron chi connectivity index (χ3n) is 1.68. The Morgan fingerprint density at radius 3 is 2.46 bits per heavy atom. The van der Waals surface area contributed by atoms with Gasteiger partial charge in [0, 0.05) is 10.0 Å². The van der Waals surface area contributed by atoms with Crippen LogP contribution < -0.4 is 0 Å². The van der Waals surface area contributed by atoms with E-state index in [9.17, 15) is 4.79 Å². The highest BCUT2D eigenvalue weighted by atomic mass is 35.5. The summed E-state index contributed by atoms with van der Waals surface area (Å²) in [6, 6.07) is 4.85. The molecule has 1 atom stereocenters. The fourth-order valence-corrected chi connectivity index (χ4v) is 1.77. The summed E-state index contributed by atoms with van der Waals surface area (Å²) in [5.74, 6) is 0. The Labute approximate surface area is 91.6 Å². The van der Waals surface area contributed by atoms with E-state index in [1.54, 1.807) is 25.1 Å². The molecular weight excluding hydrogens is 230 g/mol. The number of halogens is 3. The summed E-state index contributed by atoms with van der Waals surface area (Å²) in [4.78, 5) is 9.56. The fraction of sp³-hybridized carbons (Fsp3) is 0.222. The van der Waals surface area contributed by atoms with E-state index >= 15 is 0 Å². The van der Waals surface area contributed by atoms with Crippen molar-refractivity contribution in [1.29, 1.82) is 0 Å². The van der Waals surface area contributed by atoms with E-state index in [-0.39, 0.29) is 0 Å². The molecule has 1 rings (SSSR count). The van der Waals surface area contributed by atoms with Crippen LogP contribution in [0.5, 0.6) is 0 Å². The van der Waals surface area contributed by atoms with Crippen molar-refractivity contribution in [3.05, 3.63) is 33.8 Å². The van der Waals surface area contributed by atoms with Crippen molar-refractivity contribution in [1.82, 2.24) is 0 Å². The van der Waals surface area contributed by atoms with Crippen molar-refractivity contribution in [3.8, 4) is 0 Å². The average molecular weight is 238 g/mol. The molecule has 4 heteroatoms. The lowest BCUT2D eigenvalue weighted by molar-refractivity contribution is -0.109. The van der Waals surface area contributed by atoms with Crippen molar-refractivity contribution in [2.24, 2.45) is 0 Å². The highest BCUT2D eigenvalue weighted by Crippen LogP contribution is 2.33. The number of aldehydes is 1. The minimum Gasteiger partial charge on any atom is -0.301 e. The first-order valence-electron chi connectivity index (χ1n) is 3.58. The zero-order valence-electron chi connectivity index (χ0n) is 6.85. The molecule has 0 amide bonds. The topological polar surface area (TPSA) is 17.1 Å². The second kappa shape index (κ2) is 3.87. The summed E-state index contributed by atoms with van der Waals surface area (Å²) in [6.45, 7) is 1.58. The maximum absolute atomic E-state index is 10.6. The molecule has 0 heterocycles. The SMILES string of the molecule is CC(Cl)(C=O)c1ccc(Cl)cc1Cl. The van der Waals surface area contributed by atoms with Crippen molar-refractivity contribution >= 4 is 41.1 Å². The van der Waals surface area contributed by atoms with E-state index < -0.39 is 4.87 Å². The van der Waals surface area contributed by atoms with Crippen LogP contribution in [0.1, 0.15) is 12.5 Å². The van der Waals surface area contributed by atoms with Gasteiger partial charge in [0.25, 0.3) is 0 Å². The van der Waals surface area contributed by atoms with Crippen LogP contribution in [-0.4, -0.2) is 6.29 Å². The highest BCUT2D eigenvalue weighted by molar-refractivity contribution is 6.37. The summed E-state index contributed by atoms with van der Waals surface area (Å²) < 4.78 is 0. The van der Waals surface area contributed by atoms with Crippen LogP contribution >= 0.6 is 34.8 Å². The van der Waals surface area contributed by atoms with Crippen LogP contribution in [0.15, 0.2) is 18.2 Å². The van der Waals surface area contributed by atoms with Gasteiger partial charge in [-0.15, -0.1) is 11.6 Å². The van der Waals surface area contributed by atoms with Crippen molar-refractivity contribution in [3.63, 3.8) is 0 Å². The molecule has 0 fully saturated rings. The molecule has 1 aromatic carbocycles. The zero-order chi connectivity index (χ0) is 10.1. The zero-order valence-corrected chi connectivity index (χ0v) is 9.12. The molecule has 0 saturated heterocycles. The third-order valence-corrected chi connectivity index (χ3v) is 2.52. The van der Waals surface area contributed by atoms with Crippen molar-refractivity contribution < 1.29 is 4.79 Å². The first-order chi connectivity index (χ1) is 5.97. The Morgan fingerprint density at radius 2 is 2.00 bits per heavy atom. The predicted molar refractivity (Wildman–Crippen MR) is 55.7 cm³/mol. The van der Waals surface area contributed by atoms with E-state index in [4.69, 9.17) is 34.8 Å². The lowest BCUT2D eigenvalue weighted by Gasteiger charge is -2.16. The standard InChI is InChI=1S/C9H7Cl3O/c1-9(12,5-13)7-3-2-6(10)4-8(7)11/h2-5H,1H3. The van der Waals surface area contributed by atoms with Crippen molar-refractivity contribution in [2.45, 2.75) is 11.8 Å². The Morgan fingerprint density at radius 1 is 1.38 bits per heavy atom. The number of hydrogen-bond donors (Lipinski definition) is 0. The number of carbonyl (C=O) groups is 1. The Kier molecular flexibility index (Phi) is 3.23. The maximum Gasteiger partial charge on any atom is 0.145 e. The van der Waals surface area contributed by atoms with Crippen LogP contribution in [0.4, 0.5) is 0 Å². The predicted octanol–water partition coefficient (Wildman–Crippen LogP) is 3.65. The first-order valence-corrected chi connectivity index (χ1v) is 4.71. The smallest absolute Gasteiger partial charge is 0.145 e. The average Bonchev–Trinajstić information content (AvgIpc) is 2.03. The Hall–Kier alpha value is -0.240. The highest BCUT2D eigenvalue weighted by Gasteiger charge is 2.25. The summed E-state index contributed by atoms with van der Waals surface area (Å²) in [5.41, 5.74) is 0.565. The largest absolute Gasteiger partial charge is 0.301 e. The Bertz CT molecular complexity index is 334. The molecule has 0 radical (unpaired) electrons. The number of carbonyl (C=O) groups excluding carboxylic acids is 1. The maximum atomic E-state index is 10.6. The van der Waals surface area contributed by atoms with Gasteiger partial charge in [-0.3, -0.25) is 0 Å². The second-order valence-corrected chi connectivity index (χ2v) is 4.45. The number of benzene rings is 1. The van der Waals surface area contributed by atoms with E-state index in [2.05, 4.69) is 0 Å². The molecule has 0 saturated carbocycles. The van der Waals surface area contributed by atoms with Gasteiger partial charge in [0.05, 0.1) is 0 Å². The van der Waals surface area contributed by atoms with Crippen molar-refractivity contribution in [2.75, 3.05) is 0 Å². The summed E-state index contributed by atoms with van der Waals surface area (Å²) in [7, 11) is 0. The number of alkyl halides is 1. The molecular formula is C9H7Cl3O. The summed E-state index contributed by atoms with van der Waals surface area (Å²) >= 11 is 17.5. The van der Waals surface area contributed by atoms with Crippen LogP contribution in [-0.2, 0) is 9.67 Å². The molecule has 13 heavy (non-hydrogen) atoms. The fourth-order valence-electron chi connectivity index (χ4n) is 0.949. The van der Waals surface area contributed by atoms with E-state index in [0.29, 0.717) is 21.9 Å². The van der Waals surface area contributed by atoms with Gasteiger partial charge >= 0.3 is 0 Å². The lowest BCUT2D eigenvalue weighted by Crippen LogP contribution is -2.15. The van der Waals surface area contributed by atoms with E-state index in [1.807, 2.05) is 0 Å². The molecule has 0 aliphatic rings. The van der Waals surface area contributed by atoms with Gasteiger partial charge < -0.3 is 4.79 Å². The van der Waals surface area contributed by atoms with Gasteiger partial charge in [-0.1, -0.05) is 29.3 Å². The van der Waals surface area contributed by atoms with Crippen LogP contribution in [0.3, 0.4) is 0 Å². The molecule has 0 bridgehead atoms. The van der Waals surface area contributed by atoms with Crippen LogP contribution in [0.25, 0.3) is 0 Å². The molecule has 70 valence electrons. The minimum absolute atomic E-state index is 0.400. The van der Waals surface area contributed by atoms with Gasteiger partial charge in [-0.05, 0) is 24.6 Å². The molecule has 1 aromatic rings.